The Morgan fingerprint density at radius 3 is 2.82 bits per heavy atom. The maximum absolute atomic E-state index is 13.2. The van der Waals surface area contributed by atoms with Crippen LogP contribution in [0.1, 0.15) is 47.5 Å². The van der Waals surface area contributed by atoms with Crippen molar-refractivity contribution in [2.24, 2.45) is 0 Å². The molecule has 2 saturated heterocycles. The summed E-state index contributed by atoms with van der Waals surface area (Å²) < 4.78 is 5.12. The Balaban J connectivity index is 1.41. The molecule has 1 atom stereocenters. The standard InChI is InChI=1S/C19H22N6OS2/c1-13-15(28-23-22-13)18(26)25-9-3-6-19(25)5-2-8-24(10-7-19)17-16-14(4-11-27-16)20-12-21-17/h4,11-12H,2-3,5-10H2,1H3. The van der Waals surface area contributed by atoms with Crippen LogP contribution in [0.25, 0.3) is 10.2 Å². The lowest BCUT2D eigenvalue weighted by molar-refractivity contribution is 0.0570. The van der Waals surface area contributed by atoms with Crippen LogP contribution < -0.4 is 4.90 Å². The molecule has 0 N–H and O–H groups in total. The van der Waals surface area contributed by atoms with Gasteiger partial charge in [0.25, 0.3) is 5.91 Å². The van der Waals surface area contributed by atoms with Crippen LogP contribution in [-0.2, 0) is 0 Å². The summed E-state index contributed by atoms with van der Waals surface area (Å²) in [6.45, 7) is 4.58. The number of rotatable bonds is 2. The topological polar surface area (TPSA) is 75.1 Å². The molecule has 2 aliphatic heterocycles. The molecule has 146 valence electrons. The van der Waals surface area contributed by atoms with Crippen LogP contribution >= 0.6 is 22.9 Å². The highest BCUT2D eigenvalue weighted by Crippen LogP contribution is 2.41. The molecule has 1 unspecified atom stereocenters. The Kier molecular flexibility index (Phi) is 4.51. The van der Waals surface area contributed by atoms with E-state index in [9.17, 15) is 4.79 Å². The first-order valence-electron chi connectivity index (χ1n) is 9.72. The van der Waals surface area contributed by atoms with Gasteiger partial charge in [-0.2, -0.15) is 0 Å². The predicted molar refractivity (Wildman–Crippen MR) is 111 cm³/mol. The molecule has 9 heteroatoms. The second-order valence-electron chi connectivity index (χ2n) is 7.64. The van der Waals surface area contributed by atoms with E-state index >= 15 is 0 Å². The van der Waals surface area contributed by atoms with Crippen molar-refractivity contribution in [3.8, 4) is 0 Å². The monoisotopic (exact) mass is 414 g/mol. The minimum absolute atomic E-state index is 0.0517. The number of aryl methyl sites for hydroxylation is 1. The summed E-state index contributed by atoms with van der Waals surface area (Å²) >= 11 is 2.92. The molecule has 1 amide bonds. The molecule has 28 heavy (non-hydrogen) atoms. The normalized spacial score (nSPS) is 22.9. The van der Waals surface area contributed by atoms with Gasteiger partial charge in [-0.25, -0.2) is 9.97 Å². The lowest BCUT2D eigenvalue weighted by Gasteiger charge is -2.38. The summed E-state index contributed by atoms with van der Waals surface area (Å²) in [6, 6.07) is 2.05. The SMILES string of the molecule is Cc1nnsc1C(=O)N1CCCC12CCCN(c1ncnc3ccsc13)CC2. The highest BCUT2D eigenvalue weighted by molar-refractivity contribution is 7.17. The van der Waals surface area contributed by atoms with E-state index in [1.54, 1.807) is 17.7 Å². The quantitative estimate of drug-likeness (QED) is 0.639. The largest absolute Gasteiger partial charge is 0.355 e. The number of nitrogens with zero attached hydrogens (tertiary/aromatic N) is 6. The molecule has 2 aliphatic rings. The molecule has 0 aliphatic carbocycles. The van der Waals surface area contributed by atoms with E-state index in [0.717, 1.165) is 73.5 Å². The van der Waals surface area contributed by atoms with Gasteiger partial charge in [0.15, 0.2) is 0 Å². The molecule has 5 rings (SSSR count). The van der Waals surface area contributed by atoms with Crippen molar-refractivity contribution in [2.45, 2.75) is 44.6 Å². The highest BCUT2D eigenvalue weighted by Gasteiger charge is 2.45. The maximum atomic E-state index is 13.2. The Labute approximate surface area is 171 Å². The molecule has 0 aromatic carbocycles. The molecular formula is C19H22N6OS2. The van der Waals surface area contributed by atoms with Crippen molar-refractivity contribution in [1.82, 2.24) is 24.5 Å². The van der Waals surface area contributed by atoms with Gasteiger partial charge in [0.2, 0.25) is 0 Å². The molecule has 0 radical (unpaired) electrons. The zero-order valence-corrected chi connectivity index (χ0v) is 17.4. The Bertz CT molecular complexity index is 1020. The van der Waals surface area contributed by atoms with Crippen LogP contribution in [0, 0.1) is 6.92 Å². The fourth-order valence-corrected chi connectivity index (χ4v) is 6.19. The van der Waals surface area contributed by atoms with Crippen molar-refractivity contribution in [3.05, 3.63) is 28.3 Å². The average Bonchev–Trinajstić information content (AvgIpc) is 3.40. The Morgan fingerprint density at radius 2 is 2.00 bits per heavy atom. The van der Waals surface area contributed by atoms with Crippen LogP contribution in [0.5, 0.6) is 0 Å². The molecule has 7 nitrogen and oxygen atoms in total. The van der Waals surface area contributed by atoms with E-state index < -0.39 is 0 Å². The van der Waals surface area contributed by atoms with Crippen molar-refractivity contribution in [1.29, 1.82) is 0 Å². The van der Waals surface area contributed by atoms with Gasteiger partial charge in [0, 0.05) is 25.2 Å². The minimum atomic E-state index is -0.0517. The second kappa shape index (κ2) is 7.04. The van der Waals surface area contributed by atoms with Gasteiger partial charge in [0.1, 0.15) is 17.0 Å². The molecular weight excluding hydrogens is 392 g/mol. The lowest BCUT2D eigenvalue weighted by Crippen LogP contribution is -2.48. The maximum Gasteiger partial charge on any atom is 0.267 e. The van der Waals surface area contributed by atoms with Crippen molar-refractivity contribution in [3.63, 3.8) is 0 Å². The molecule has 2 fully saturated rings. The summed E-state index contributed by atoms with van der Waals surface area (Å²) in [6.07, 6.45) is 6.88. The van der Waals surface area contributed by atoms with Crippen molar-refractivity contribution < 1.29 is 4.79 Å². The van der Waals surface area contributed by atoms with Crippen LogP contribution in [-0.4, -0.2) is 55.5 Å². The van der Waals surface area contributed by atoms with E-state index in [0.29, 0.717) is 4.88 Å². The summed E-state index contributed by atoms with van der Waals surface area (Å²) in [5.41, 5.74) is 1.71. The van der Waals surface area contributed by atoms with Crippen LogP contribution in [0.2, 0.25) is 0 Å². The number of carbonyl (C=O) groups is 1. The smallest absolute Gasteiger partial charge is 0.267 e. The van der Waals surface area contributed by atoms with Gasteiger partial charge in [-0.1, -0.05) is 4.49 Å². The number of thiophene rings is 1. The number of anilines is 1. The van der Waals surface area contributed by atoms with E-state index in [4.69, 9.17) is 0 Å². The van der Waals surface area contributed by atoms with Gasteiger partial charge < -0.3 is 9.80 Å². The van der Waals surface area contributed by atoms with Gasteiger partial charge in [-0.05, 0) is 62.0 Å². The van der Waals surface area contributed by atoms with Gasteiger partial charge in [-0.3, -0.25) is 4.79 Å². The molecule has 0 saturated carbocycles. The fourth-order valence-electron chi connectivity index (χ4n) is 4.72. The molecule has 3 aromatic heterocycles. The van der Waals surface area contributed by atoms with E-state index in [1.165, 1.54) is 11.5 Å². The third-order valence-electron chi connectivity index (χ3n) is 6.13. The summed E-state index contributed by atoms with van der Waals surface area (Å²) in [7, 11) is 0. The molecule has 5 heterocycles. The predicted octanol–water partition coefficient (Wildman–Crippen LogP) is 3.52. The second-order valence-corrected chi connectivity index (χ2v) is 9.32. The van der Waals surface area contributed by atoms with Crippen LogP contribution in [0.3, 0.4) is 0 Å². The first kappa shape index (κ1) is 17.9. The summed E-state index contributed by atoms with van der Waals surface area (Å²) in [5, 5.41) is 6.11. The molecule has 1 spiro atoms. The average molecular weight is 415 g/mol. The van der Waals surface area contributed by atoms with Crippen LogP contribution in [0.15, 0.2) is 17.8 Å². The van der Waals surface area contributed by atoms with E-state index in [2.05, 4.69) is 34.7 Å². The fraction of sp³-hybridized carbons (Fsp3) is 0.526. The highest BCUT2D eigenvalue weighted by atomic mass is 32.1. The molecule has 3 aromatic rings. The third kappa shape index (κ3) is 2.88. The number of hydrogen-bond acceptors (Lipinski definition) is 8. The zero-order chi connectivity index (χ0) is 19.1. The Morgan fingerprint density at radius 1 is 1.14 bits per heavy atom. The number of likely N-dealkylation sites (tertiary alicyclic amines) is 1. The number of fused-ring (bicyclic) bond motifs is 1. The Hall–Kier alpha value is -2.13. The summed E-state index contributed by atoms with van der Waals surface area (Å²) in [5.74, 6) is 1.15. The lowest BCUT2D eigenvalue weighted by atomic mass is 9.87. The summed E-state index contributed by atoms with van der Waals surface area (Å²) in [4.78, 5) is 27.4. The van der Waals surface area contributed by atoms with E-state index in [-0.39, 0.29) is 11.4 Å². The number of aromatic nitrogens is 4. The number of carbonyl (C=O) groups excluding carboxylic acids is 1. The molecule has 0 bridgehead atoms. The van der Waals surface area contributed by atoms with Crippen molar-refractivity contribution in [2.75, 3.05) is 24.5 Å². The van der Waals surface area contributed by atoms with Crippen molar-refractivity contribution >= 4 is 44.8 Å². The van der Waals surface area contributed by atoms with Crippen LogP contribution in [0.4, 0.5) is 5.82 Å². The van der Waals surface area contributed by atoms with Gasteiger partial charge in [0.05, 0.1) is 15.9 Å². The number of amides is 1. The third-order valence-corrected chi connectivity index (χ3v) is 7.84. The first-order valence-corrected chi connectivity index (χ1v) is 11.4. The minimum Gasteiger partial charge on any atom is -0.355 e. The van der Waals surface area contributed by atoms with Gasteiger partial charge in [-0.15, -0.1) is 16.4 Å². The number of hydrogen-bond donors (Lipinski definition) is 0. The zero-order valence-electron chi connectivity index (χ0n) is 15.8. The van der Waals surface area contributed by atoms with Gasteiger partial charge >= 0.3 is 0 Å². The first-order chi connectivity index (χ1) is 13.7. The van der Waals surface area contributed by atoms with E-state index in [1.807, 2.05) is 13.0 Å².